The molecule has 0 saturated carbocycles. The van der Waals surface area contributed by atoms with Gasteiger partial charge in [-0.3, -0.25) is 0 Å². The number of anilines is 1. The van der Waals surface area contributed by atoms with Crippen LogP contribution < -0.4 is 5.32 Å². The third kappa shape index (κ3) is 3.99. The number of aliphatic hydroxyl groups excluding tert-OH is 1. The Morgan fingerprint density at radius 2 is 1.93 bits per heavy atom. The molecule has 140 valence electrons. The van der Waals surface area contributed by atoms with Crippen LogP contribution in [0.4, 0.5) is 5.69 Å². The van der Waals surface area contributed by atoms with Crippen LogP contribution in [0.25, 0.3) is 11.1 Å². The van der Waals surface area contributed by atoms with Gasteiger partial charge in [-0.2, -0.15) is 0 Å². The molecule has 0 spiro atoms. The molecule has 1 aromatic heterocycles. The van der Waals surface area contributed by atoms with Gasteiger partial charge in [-0.25, -0.2) is 4.79 Å². The van der Waals surface area contributed by atoms with Crippen molar-refractivity contribution in [3.63, 3.8) is 0 Å². The van der Waals surface area contributed by atoms with Crippen LogP contribution in [0.3, 0.4) is 0 Å². The Hall–Kier alpha value is -2.76. The van der Waals surface area contributed by atoms with E-state index in [-0.39, 0.29) is 5.56 Å². The number of carboxylic acids is 1. The fourth-order valence-corrected chi connectivity index (χ4v) is 3.01. The Labute approximate surface area is 162 Å². The fraction of sp³-hybridized carbons (Fsp3) is 0.190. The highest BCUT2D eigenvalue weighted by Crippen LogP contribution is 2.32. The zero-order chi connectivity index (χ0) is 19.6. The van der Waals surface area contributed by atoms with E-state index in [1.807, 2.05) is 44.2 Å². The number of carbonyl (C=O) groups is 1. The summed E-state index contributed by atoms with van der Waals surface area (Å²) in [5, 5.41) is 23.4. The standard InChI is InChI=1S/C21H20ClNO4/c1-21(2,15-5-3-4-13(10-15)14-8-9-27-12-14)20(26)23-18-7-6-16(22)11-17(18)19(24)25/h3-12,20,23,26H,1-2H3,(H,24,25). The third-order valence-corrected chi connectivity index (χ3v) is 4.88. The lowest BCUT2D eigenvalue weighted by Crippen LogP contribution is -2.40. The van der Waals surface area contributed by atoms with Crippen molar-refractivity contribution in [1.82, 2.24) is 0 Å². The Balaban J connectivity index is 1.89. The van der Waals surface area contributed by atoms with Crippen molar-refractivity contribution in [2.75, 3.05) is 5.32 Å². The number of hydrogen-bond acceptors (Lipinski definition) is 4. The first-order valence-corrected chi connectivity index (χ1v) is 8.77. The summed E-state index contributed by atoms with van der Waals surface area (Å²) in [6, 6.07) is 14.1. The highest BCUT2D eigenvalue weighted by Gasteiger charge is 2.31. The van der Waals surface area contributed by atoms with Crippen LogP contribution in [0.1, 0.15) is 29.8 Å². The molecule has 0 bridgehead atoms. The Kier molecular flexibility index (Phi) is 5.26. The van der Waals surface area contributed by atoms with Crippen molar-refractivity contribution in [2.24, 2.45) is 0 Å². The van der Waals surface area contributed by atoms with Crippen molar-refractivity contribution in [1.29, 1.82) is 0 Å². The van der Waals surface area contributed by atoms with E-state index in [9.17, 15) is 15.0 Å². The van der Waals surface area contributed by atoms with Crippen LogP contribution in [0, 0.1) is 0 Å². The molecule has 0 radical (unpaired) electrons. The van der Waals surface area contributed by atoms with Gasteiger partial charge in [-0.15, -0.1) is 0 Å². The number of benzene rings is 2. The number of carboxylic acid groups (broad SMARTS) is 1. The van der Waals surface area contributed by atoms with Gasteiger partial charge in [0.25, 0.3) is 0 Å². The highest BCUT2D eigenvalue weighted by molar-refractivity contribution is 6.31. The van der Waals surface area contributed by atoms with Crippen molar-refractivity contribution < 1.29 is 19.4 Å². The predicted molar refractivity (Wildman–Crippen MR) is 105 cm³/mol. The van der Waals surface area contributed by atoms with E-state index in [1.54, 1.807) is 24.7 Å². The molecule has 0 aliphatic carbocycles. The average molecular weight is 386 g/mol. The molecular weight excluding hydrogens is 366 g/mol. The second-order valence-electron chi connectivity index (χ2n) is 6.86. The summed E-state index contributed by atoms with van der Waals surface area (Å²) in [5.74, 6) is -1.12. The first-order chi connectivity index (χ1) is 12.8. The lowest BCUT2D eigenvalue weighted by atomic mass is 9.81. The van der Waals surface area contributed by atoms with E-state index in [4.69, 9.17) is 16.0 Å². The summed E-state index contributed by atoms with van der Waals surface area (Å²) in [6.07, 6.45) is 2.24. The van der Waals surface area contributed by atoms with Crippen LogP contribution in [0.5, 0.6) is 0 Å². The van der Waals surface area contributed by atoms with Gasteiger partial charge in [-0.05, 0) is 35.4 Å². The molecule has 3 aromatic rings. The Morgan fingerprint density at radius 3 is 2.59 bits per heavy atom. The molecule has 2 aromatic carbocycles. The predicted octanol–water partition coefficient (Wildman–Crippen LogP) is 5.01. The quantitative estimate of drug-likeness (QED) is 0.520. The highest BCUT2D eigenvalue weighted by atomic mass is 35.5. The van der Waals surface area contributed by atoms with Gasteiger partial charge in [0, 0.05) is 16.0 Å². The molecule has 0 aliphatic heterocycles. The van der Waals surface area contributed by atoms with Crippen molar-refractivity contribution in [2.45, 2.75) is 25.5 Å². The molecule has 3 rings (SSSR count). The molecule has 5 nitrogen and oxygen atoms in total. The summed E-state index contributed by atoms with van der Waals surface area (Å²) in [4.78, 5) is 11.5. The number of nitrogens with one attached hydrogen (secondary N) is 1. The number of rotatable bonds is 6. The van der Waals surface area contributed by atoms with E-state index in [2.05, 4.69) is 5.32 Å². The average Bonchev–Trinajstić information content (AvgIpc) is 3.17. The number of hydrogen-bond donors (Lipinski definition) is 3. The molecule has 0 saturated heterocycles. The minimum Gasteiger partial charge on any atom is -0.478 e. The van der Waals surface area contributed by atoms with Gasteiger partial charge < -0.3 is 19.9 Å². The third-order valence-electron chi connectivity index (χ3n) is 4.65. The summed E-state index contributed by atoms with van der Waals surface area (Å²) in [5.41, 5.74) is 2.42. The maximum absolute atomic E-state index is 11.5. The normalized spacial score (nSPS) is 12.6. The molecule has 1 unspecified atom stereocenters. The molecule has 1 atom stereocenters. The monoisotopic (exact) mass is 385 g/mol. The molecule has 27 heavy (non-hydrogen) atoms. The van der Waals surface area contributed by atoms with Gasteiger partial charge >= 0.3 is 5.97 Å². The number of aromatic carboxylic acids is 1. The lowest BCUT2D eigenvalue weighted by molar-refractivity contribution is 0.0697. The minimum atomic E-state index is -1.12. The van der Waals surface area contributed by atoms with E-state index in [0.717, 1.165) is 16.7 Å². The molecule has 6 heteroatoms. The van der Waals surface area contributed by atoms with Gasteiger partial charge in [0.1, 0.15) is 6.23 Å². The zero-order valence-electron chi connectivity index (χ0n) is 14.9. The SMILES string of the molecule is CC(C)(c1cccc(-c2ccoc2)c1)C(O)Nc1ccc(Cl)cc1C(=O)O. The van der Waals surface area contributed by atoms with E-state index in [1.165, 1.54) is 6.07 Å². The fourth-order valence-electron chi connectivity index (χ4n) is 2.83. The van der Waals surface area contributed by atoms with Crippen molar-refractivity contribution in [3.8, 4) is 11.1 Å². The lowest BCUT2D eigenvalue weighted by Gasteiger charge is -2.33. The summed E-state index contributed by atoms with van der Waals surface area (Å²) in [7, 11) is 0. The molecule has 0 aliphatic rings. The van der Waals surface area contributed by atoms with Crippen LogP contribution in [0.15, 0.2) is 65.5 Å². The summed E-state index contributed by atoms with van der Waals surface area (Å²) >= 11 is 5.89. The first kappa shape index (κ1) is 19.0. The summed E-state index contributed by atoms with van der Waals surface area (Å²) < 4.78 is 5.14. The van der Waals surface area contributed by atoms with E-state index < -0.39 is 17.6 Å². The number of halogens is 1. The van der Waals surface area contributed by atoms with Crippen molar-refractivity contribution >= 4 is 23.3 Å². The van der Waals surface area contributed by atoms with Crippen LogP contribution in [0.2, 0.25) is 5.02 Å². The smallest absolute Gasteiger partial charge is 0.337 e. The van der Waals surface area contributed by atoms with Crippen LogP contribution >= 0.6 is 11.6 Å². The zero-order valence-corrected chi connectivity index (χ0v) is 15.7. The molecule has 0 amide bonds. The van der Waals surface area contributed by atoms with Crippen LogP contribution in [-0.2, 0) is 5.41 Å². The Morgan fingerprint density at radius 1 is 1.15 bits per heavy atom. The first-order valence-electron chi connectivity index (χ1n) is 8.39. The van der Waals surface area contributed by atoms with Crippen molar-refractivity contribution in [3.05, 3.63) is 77.2 Å². The Bertz CT molecular complexity index is 951. The van der Waals surface area contributed by atoms with Gasteiger partial charge in [0.15, 0.2) is 0 Å². The topological polar surface area (TPSA) is 82.7 Å². The van der Waals surface area contributed by atoms with Gasteiger partial charge in [-0.1, -0.05) is 49.7 Å². The van der Waals surface area contributed by atoms with Gasteiger partial charge in [0.2, 0.25) is 0 Å². The maximum atomic E-state index is 11.5. The number of aliphatic hydroxyl groups is 1. The van der Waals surface area contributed by atoms with Crippen LogP contribution in [-0.4, -0.2) is 22.4 Å². The second kappa shape index (κ2) is 7.47. The van der Waals surface area contributed by atoms with E-state index >= 15 is 0 Å². The minimum absolute atomic E-state index is 0.00416. The largest absolute Gasteiger partial charge is 0.478 e. The molecule has 3 N–H and O–H groups in total. The maximum Gasteiger partial charge on any atom is 0.337 e. The molecular formula is C21H20ClNO4. The molecule has 1 heterocycles. The van der Waals surface area contributed by atoms with Gasteiger partial charge in [0.05, 0.1) is 23.8 Å². The molecule has 0 fully saturated rings. The second-order valence-corrected chi connectivity index (χ2v) is 7.29. The van der Waals surface area contributed by atoms with E-state index in [0.29, 0.717) is 10.7 Å². The summed E-state index contributed by atoms with van der Waals surface area (Å²) in [6.45, 7) is 3.77. The number of furan rings is 1.